The van der Waals surface area contributed by atoms with Gasteiger partial charge in [0.2, 0.25) is 5.91 Å². The van der Waals surface area contributed by atoms with Gasteiger partial charge in [-0.05, 0) is 24.7 Å². The van der Waals surface area contributed by atoms with Crippen LogP contribution in [-0.2, 0) is 16.1 Å². The largest absolute Gasteiger partial charge is 0.481 e. The number of carboxylic acids is 1. The van der Waals surface area contributed by atoms with Crippen LogP contribution in [0.2, 0.25) is 0 Å². The Kier molecular flexibility index (Phi) is 7.50. The second-order valence-corrected chi connectivity index (χ2v) is 5.63. The normalized spacial score (nSPS) is 12.3. The van der Waals surface area contributed by atoms with E-state index in [1.54, 1.807) is 12.5 Å². The van der Waals surface area contributed by atoms with Gasteiger partial charge in [0.05, 0.1) is 6.33 Å². The van der Waals surface area contributed by atoms with Gasteiger partial charge < -0.3 is 15.0 Å². The molecule has 0 bridgehead atoms. The molecule has 118 valence electrons. The summed E-state index contributed by atoms with van der Waals surface area (Å²) in [4.78, 5) is 26.3. The Morgan fingerprint density at radius 1 is 1.29 bits per heavy atom. The smallest absolute Gasteiger partial charge is 0.303 e. The van der Waals surface area contributed by atoms with E-state index in [0.717, 1.165) is 6.42 Å². The van der Waals surface area contributed by atoms with Crippen LogP contribution in [0.15, 0.2) is 18.7 Å². The van der Waals surface area contributed by atoms with Gasteiger partial charge in [-0.3, -0.25) is 9.59 Å². The summed E-state index contributed by atoms with van der Waals surface area (Å²) in [6.07, 6.45) is 7.31. The summed E-state index contributed by atoms with van der Waals surface area (Å²) in [5, 5.41) is 11.6. The van der Waals surface area contributed by atoms with Gasteiger partial charge in [0.1, 0.15) is 0 Å². The van der Waals surface area contributed by atoms with Crippen molar-refractivity contribution in [2.75, 3.05) is 6.54 Å². The van der Waals surface area contributed by atoms with Crippen molar-refractivity contribution < 1.29 is 14.7 Å². The number of carboxylic acid groups (broad SMARTS) is 1. The van der Waals surface area contributed by atoms with Crippen molar-refractivity contribution in [2.45, 2.75) is 46.1 Å². The first-order valence-electron chi connectivity index (χ1n) is 7.43. The molecule has 2 N–H and O–H groups in total. The lowest BCUT2D eigenvalue weighted by Crippen LogP contribution is -2.27. The lowest BCUT2D eigenvalue weighted by Gasteiger charge is -2.20. The van der Waals surface area contributed by atoms with Crippen LogP contribution >= 0.6 is 0 Å². The Morgan fingerprint density at radius 2 is 2.05 bits per heavy atom. The van der Waals surface area contributed by atoms with E-state index in [1.807, 2.05) is 10.8 Å². The summed E-state index contributed by atoms with van der Waals surface area (Å²) < 4.78 is 1.86. The third kappa shape index (κ3) is 7.48. The molecule has 0 aromatic carbocycles. The highest BCUT2D eigenvalue weighted by atomic mass is 16.4. The summed E-state index contributed by atoms with van der Waals surface area (Å²) >= 11 is 0. The minimum atomic E-state index is -0.759. The number of hydrogen-bond donors (Lipinski definition) is 2. The van der Waals surface area contributed by atoms with E-state index in [9.17, 15) is 9.59 Å². The van der Waals surface area contributed by atoms with Crippen LogP contribution in [0.5, 0.6) is 0 Å². The van der Waals surface area contributed by atoms with Gasteiger partial charge >= 0.3 is 5.97 Å². The molecule has 1 heterocycles. The summed E-state index contributed by atoms with van der Waals surface area (Å²) in [6.45, 7) is 5.41. The fourth-order valence-electron chi connectivity index (χ4n) is 2.25. The number of carbonyl (C=O) groups is 2. The highest BCUT2D eigenvalue weighted by molar-refractivity contribution is 5.75. The first-order chi connectivity index (χ1) is 9.99. The van der Waals surface area contributed by atoms with Crippen LogP contribution in [0.4, 0.5) is 0 Å². The number of nitrogens with zero attached hydrogens (tertiary/aromatic N) is 2. The maximum absolute atomic E-state index is 11.7. The molecule has 6 heteroatoms. The van der Waals surface area contributed by atoms with Crippen molar-refractivity contribution in [3.8, 4) is 0 Å². The molecule has 0 aliphatic carbocycles. The maximum Gasteiger partial charge on any atom is 0.303 e. The number of rotatable bonds is 10. The zero-order chi connectivity index (χ0) is 15.7. The zero-order valence-electron chi connectivity index (χ0n) is 12.8. The van der Waals surface area contributed by atoms with Gasteiger partial charge in [-0.1, -0.05) is 13.8 Å². The molecule has 6 nitrogen and oxygen atoms in total. The Labute approximate surface area is 125 Å². The first kappa shape index (κ1) is 17.2. The van der Waals surface area contributed by atoms with Crippen molar-refractivity contribution >= 4 is 11.9 Å². The Hall–Kier alpha value is -1.85. The van der Waals surface area contributed by atoms with E-state index < -0.39 is 5.97 Å². The third-order valence-corrected chi connectivity index (χ3v) is 3.67. The average Bonchev–Trinajstić information content (AvgIpc) is 2.92. The fourth-order valence-corrected chi connectivity index (χ4v) is 2.25. The van der Waals surface area contributed by atoms with Gasteiger partial charge in [0, 0.05) is 38.3 Å². The third-order valence-electron chi connectivity index (χ3n) is 3.67. The molecule has 0 saturated heterocycles. The standard InChI is InChI=1S/C15H25N3O3/c1-12(2)13(3-4-15(20)21)5-7-17-14(19)6-9-18-10-8-16-11-18/h8,10-13H,3-7,9H2,1-2H3,(H,17,19)(H,20,21). The highest BCUT2D eigenvalue weighted by Gasteiger charge is 2.15. The van der Waals surface area contributed by atoms with Crippen molar-refractivity contribution in [3.63, 3.8) is 0 Å². The van der Waals surface area contributed by atoms with E-state index in [4.69, 9.17) is 5.11 Å². The van der Waals surface area contributed by atoms with Crippen LogP contribution < -0.4 is 5.32 Å². The lowest BCUT2D eigenvalue weighted by molar-refractivity contribution is -0.137. The molecule has 1 rings (SSSR count). The molecule has 0 fully saturated rings. The van der Waals surface area contributed by atoms with Crippen LogP contribution in [0.25, 0.3) is 0 Å². The Morgan fingerprint density at radius 3 is 2.62 bits per heavy atom. The average molecular weight is 295 g/mol. The van der Waals surface area contributed by atoms with Gasteiger partial charge in [-0.2, -0.15) is 0 Å². The van der Waals surface area contributed by atoms with Crippen molar-refractivity contribution in [3.05, 3.63) is 18.7 Å². The molecule has 0 spiro atoms. The monoisotopic (exact) mass is 295 g/mol. The molecule has 21 heavy (non-hydrogen) atoms. The minimum absolute atomic E-state index is 0.0180. The molecule has 0 radical (unpaired) electrons. The maximum atomic E-state index is 11.7. The molecule has 0 aliphatic heterocycles. The predicted octanol–water partition coefficient (Wildman–Crippen LogP) is 1.92. The number of carbonyl (C=O) groups excluding carboxylic acids is 1. The fraction of sp³-hybridized carbons (Fsp3) is 0.667. The topological polar surface area (TPSA) is 84.2 Å². The van der Waals surface area contributed by atoms with E-state index in [0.29, 0.717) is 37.8 Å². The molecule has 1 amide bonds. The van der Waals surface area contributed by atoms with Crippen LogP contribution in [-0.4, -0.2) is 33.1 Å². The first-order valence-corrected chi connectivity index (χ1v) is 7.43. The predicted molar refractivity (Wildman–Crippen MR) is 79.7 cm³/mol. The molecule has 1 atom stereocenters. The van der Waals surface area contributed by atoms with Gasteiger partial charge in [-0.25, -0.2) is 4.98 Å². The molecule has 0 saturated carbocycles. The van der Waals surface area contributed by atoms with E-state index in [1.165, 1.54) is 0 Å². The molecule has 1 aromatic heterocycles. The van der Waals surface area contributed by atoms with Gasteiger partial charge in [0.15, 0.2) is 0 Å². The minimum Gasteiger partial charge on any atom is -0.481 e. The van der Waals surface area contributed by atoms with Gasteiger partial charge in [-0.15, -0.1) is 0 Å². The number of aliphatic carboxylic acids is 1. The van der Waals surface area contributed by atoms with Crippen LogP contribution in [0, 0.1) is 11.8 Å². The second-order valence-electron chi connectivity index (χ2n) is 5.63. The van der Waals surface area contributed by atoms with E-state index in [-0.39, 0.29) is 12.3 Å². The second kappa shape index (κ2) is 9.15. The van der Waals surface area contributed by atoms with Gasteiger partial charge in [0.25, 0.3) is 0 Å². The molecular weight excluding hydrogens is 270 g/mol. The van der Waals surface area contributed by atoms with Crippen molar-refractivity contribution in [2.24, 2.45) is 11.8 Å². The summed E-state index contributed by atoms with van der Waals surface area (Å²) in [7, 11) is 0. The Balaban J connectivity index is 2.20. The summed E-state index contributed by atoms with van der Waals surface area (Å²) in [5.74, 6) is 0.0108. The summed E-state index contributed by atoms with van der Waals surface area (Å²) in [5.41, 5.74) is 0. The molecule has 1 unspecified atom stereocenters. The molecular formula is C15H25N3O3. The van der Waals surface area contributed by atoms with Crippen molar-refractivity contribution in [1.82, 2.24) is 14.9 Å². The van der Waals surface area contributed by atoms with E-state index in [2.05, 4.69) is 24.1 Å². The number of aryl methyl sites for hydroxylation is 1. The Bertz CT molecular complexity index is 429. The SMILES string of the molecule is CC(C)C(CCNC(=O)CCn1ccnc1)CCC(=O)O. The van der Waals surface area contributed by atoms with Crippen LogP contribution in [0.3, 0.4) is 0 Å². The zero-order valence-corrected chi connectivity index (χ0v) is 12.8. The van der Waals surface area contributed by atoms with E-state index >= 15 is 0 Å². The van der Waals surface area contributed by atoms with Crippen molar-refractivity contribution in [1.29, 1.82) is 0 Å². The number of imidazole rings is 1. The number of hydrogen-bond acceptors (Lipinski definition) is 3. The molecule has 1 aromatic rings. The quantitative estimate of drug-likeness (QED) is 0.690. The summed E-state index contributed by atoms with van der Waals surface area (Å²) in [6, 6.07) is 0. The number of aromatic nitrogens is 2. The molecule has 0 aliphatic rings. The number of nitrogens with one attached hydrogen (secondary N) is 1. The van der Waals surface area contributed by atoms with Crippen LogP contribution in [0.1, 0.15) is 39.5 Å². The lowest BCUT2D eigenvalue weighted by atomic mass is 9.88. The number of amides is 1. The highest BCUT2D eigenvalue weighted by Crippen LogP contribution is 2.20.